The summed E-state index contributed by atoms with van der Waals surface area (Å²) >= 11 is 5.89. The lowest BCUT2D eigenvalue weighted by molar-refractivity contribution is 0.0951. The van der Waals surface area contributed by atoms with E-state index in [1.165, 1.54) is 16.7 Å². The Morgan fingerprint density at radius 3 is 2.28 bits per heavy atom. The molecule has 0 atom stereocenters. The Labute approximate surface area is 283 Å². The molecule has 5 rings (SSSR count). The second-order valence-corrected chi connectivity index (χ2v) is 12.1. The van der Waals surface area contributed by atoms with Crippen molar-refractivity contribution in [2.45, 2.75) is 52.1 Å². The number of unbranched alkanes of at least 4 members (excludes halogenated alkanes) is 1. The first-order chi connectivity index (χ1) is 21.9. The Morgan fingerprint density at radius 1 is 0.891 bits per heavy atom. The van der Waals surface area contributed by atoms with Crippen LogP contribution in [0.3, 0.4) is 0 Å². The number of carbonyl (C=O) groups excluding carboxylic acids is 2. The number of carbonyl (C=O) groups is 2. The van der Waals surface area contributed by atoms with Gasteiger partial charge < -0.3 is 20.3 Å². The molecule has 1 saturated heterocycles. The topological polar surface area (TPSA) is 83.6 Å². The number of aryl methyl sites for hydroxylation is 2. The Kier molecular flexibility index (Phi) is 13.0. The van der Waals surface area contributed by atoms with Gasteiger partial charge in [-0.2, -0.15) is 0 Å². The largest absolute Gasteiger partial charge is 0.487 e. The van der Waals surface area contributed by atoms with Gasteiger partial charge in [0, 0.05) is 34.6 Å². The van der Waals surface area contributed by atoms with Gasteiger partial charge >= 0.3 is 0 Å². The summed E-state index contributed by atoms with van der Waals surface area (Å²) in [6.07, 6.45) is 6.07. The van der Waals surface area contributed by atoms with E-state index in [-0.39, 0.29) is 24.2 Å². The van der Waals surface area contributed by atoms with E-state index in [9.17, 15) is 9.59 Å². The molecule has 0 spiro atoms. The van der Waals surface area contributed by atoms with Crippen molar-refractivity contribution in [2.24, 2.45) is 0 Å². The van der Waals surface area contributed by atoms with Crippen LogP contribution in [0.1, 0.15) is 74.7 Å². The van der Waals surface area contributed by atoms with Crippen LogP contribution in [0.25, 0.3) is 0 Å². The lowest BCUT2D eigenvalue weighted by Crippen LogP contribution is -2.34. The molecule has 4 aromatic rings. The highest BCUT2D eigenvalue weighted by Crippen LogP contribution is 2.34. The number of halogens is 2. The zero-order valence-electron chi connectivity index (χ0n) is 26.4. The van der Waals surface area contributed by atoms with Crippen molar-refractivity contribution in [3.05, 3.63) is 124 Å². The van der Waals surface area contributed by atoms with Crippen LogP contribution in [0.5, 0.6) is 5.75 Å². The zero-order valence-corrected chi connectivity index (χ0v) is 28.0. The number of benzene rings is 3. The summed E-state index contributed by atoms with van der Waals surface area (Å²) in [6.45, 7) is 8.66. The maximum absolute atomic E-state index is 12.6. The first-order valence-electron chi connectivity index (χ1n) is 15.7. The molecule has 3 aromatic carbocycles. The summed E-state index contributed by atoms with van der Waals surface area (Å²) in [5.74, 6) is 1.17. The fourth-order valence-corrected chi connectivity index (χ4v) is 5.91. The van der Waals surface area contributed by atoms with Crippen LogP contribution in [-0.2, 0) is 6.61 Å². The third kappa shape index (κ3) is 9.79. The normalized spacial score (nSPS) is 13.5. The molecule has 0 saturated carbocycles. The predicted octanol–water partition coefficient (Wildman–Crippen LogP) is 7.99. The van der Waals surface area contributed by atoms with E-state index in [0.717, 1.165) is 56.8 Å². The molecule has 1 aliphatic heterocycles. The standard InChI is InChI=1S/C37H41ClN4O3.ClH/c1-26-24-35(45-25-33-7-3-4-18-39-33)27(2)23-34(26)28-16-21-42(22-17-28)20-6-5-19-40-36(43)29-10-14-32(15-11-29)41-37(44)30-8-12-31(38)13-9-30;/h3-4,7-15,18,23-24,28H,5-6,16-17,19-22,25H2,1-2H3,(H,40,43)(H,41,44);1H. The maximum Gasteiger partial charge on any atom is 0.255 e. The number of hydrogen-bond donors (Lipinski definition) is 2. The predicted molar refractivity (Wildman–Crippen MR) is 188 cm³/mol. The summed E-state index contributed by atoms with van der Waals surface area (Å²) in [7, 11) is 0. The van der Waals surface area contributed by atoms with Crippen LogP contribution < -0.4 is 15.4 Å². The molecule has 0 radical (unpaired) electrons. The smallest absolute Gasteiger partial charge is 0.255 e. The van der Waals surface area contributed by atoms with E-state index in [0.29, 0.717) is 40.9 Å². The number of ether oxygens (including phenoxy) is 1. The molecule has 1 aliphatic rings. The quantitative estimate of drug-likeness (QED) is 0.151. The Bertz CT molecular complexity index is 1570. The summed E-state index contributed by atoms with van der Waals surface area (Å²) in [5.41, 5.74) is 6.55. The minimum absolute atomic E-state index is 0. The molecule has 46 heavy (non-hydrogen) atoms. The first kappa shape index (κ1) is 35.0. The molecule has 2 N–H and O–H groups in total. The minimum Gasteiger partial charge on any atom is -0.487 e. The summed E-state index contributed by atoms with van der Waals surface area (Å²) < 4.78 is 6.09. The number of nitrogens with zero attached hydrogens (tertiary/aromatic N) is 2. The SMILES string of the molecule is Cc1cc(C2CCN(CCCCNC(=O)c3ccc(NC(=O)c4ccc(Cl)cc4)cc3)CC2)c(C)cc1OCc1ccccn1.Cl. The Hall–Kier alpha value is -3.91. The van der Waals surface area contributed by atoms with Gasteiger partial charge in [-0.3, -0.25) is 14.6 Å². The molecule has 2 heterocycles. The van der Waals surface area contributed by atoms with E-state index >= 15 is 0 Å². The van der Waals surface area contributed by atoms with Gasteiger partial charge in [-0.05, 0) is 149 Å². The summed E-state index contributed by atoms with van der Waals surface area (Å²) in [4.78, 5) is 31.9. The van der Waals surface area contributed by atoms with E-state index < -0.39 is 0 Å². The Balaban J connectivity index is 0.00000480. The van der Waals surface area contributed by atoms with Gasteiger partial charge in [0.1, 0.15) is 12.4 Å². The highest BCUT2D eigenvalue weighted by atomic mass is 35.5. The number of aromatic nitrogens is 1. The average Bonchev–Trinajstić information content (AvgIpc) is 3.06. The molecule has 1 aromatic heterocycles. The summed E-state index contributed by atoms with van der Waals surface area (Å²) in [6, 6.07) is 24.0. The molecule has 242 valence electrons. The van der Waals surface area contributed by atoms with Gasteiger partial charge in [0.15, 0.2) is 0 Å². The number of anilines is 1. The van der Waals surface area contributed by atoms with Crippen LogP contribution in [-0.4, -0.2) is 47.9 Å². The second-order valence-electron chi connectivity index (χ2n) is 11.7. The third-order valence-corrected chi connectivity index (χ3v) is 8.64. The summed E-state index contributed by atoms with van der Waals surface area (Å²) in [5, 5.41) is 6.44. The lowest BCUT2D eigenvalue weighted by atomic mass is 9.85. The number of piperidine rings is 1. The number of likely N-dealkylation sites (tertiary alicyclic amines) is 1. The highest BCUT2D eigenvalue weighted by Gasteiger charge is 2.22. The van der Waals surface area contributed by atoms with E-state index in [1.54, 1.807) is 54.7 Å². The van der Waals surface area contributed by atoms with Crippen molar-refractivity contribution in [2.75, 3.05) is 31.5 Å². The molecule has 0 aliphatic carbocycles. The maximum atomic E-state index is 12.6. The van der Waals surface area contributed by atoms with E-state index in [2.05, 4.69) is 46.5 Å². The fraction of sp³-hybridized carbons (Fsp3) is 0.324. The van der Waals surface area contributed by atoms with Crippen LogP contribution in [0.2, 0.25) is 5.02 Å². The molecular formula is C37H42Cl2N4O3. The molecule has 9 heteroatoms. The monoisotopic (exact) mass is 660 g/mol. The van der Waals surface area contributed by atoms with Crippen LogP contribution >= 0.6 is 24.0 Å². The van der Waals surface area contributed by atoms with Gasteiger partial charge in [0.2, 0.25) is 0 Å². The van der Waals surface area contributed by atoms with Gasteiger partial charge in [-0.15, -0.1) is 12.4 Å². The second kappa shape index (κ2) is 17.1. The molecule has 2 amide bonds. The van der Waals surface area contributed by atoms with E-state index in [1.807, 2.05) is 18.2 Å². The van der Waals surface area contributed by atoms with Crippen molar-refractivity contribution in [1.29, 1.82) is 0 Å². The minimum atomic E-state index is -0.227. The van der Waals surface area contributed by atoms with Gasteiger partial charge in [-0.25, -0.2) is 0 Å². The third-order valence-electron chi connectivity index (χ3n) is 8.39. The van der Waals surface area contributed by atoms with Gasteiger partial charge in [-0.1, -0.05) is 23.7 Å². The van der Waals surface area contributed by atoms with Crippen molar-refractivity contribution >= 4 is 41.5 Å². The molecule has 0 unspecified atom stereocenters. The Morgan fingerprint density at radius 2 is 1.59 bits per heavy atom. The van der Waals surface area contributed by atoms with Crippen molar-refractivity contribution in [1.82, 2.24) is 15.2 Å². The number of hydrogen-bond acceptors (Lipinski definition) is 5. The number of nitrogens with one attached hydrogen (secondary N) is 2. The number of amides is 2. The molecule has 0 bridgehead atoms. The first-order valence-corrected chi connectivity index (χ1v) is 16.0. The van der Waals surface area contributed by atoms with Gasteiger partial charge in [0.05, 0.1) is 5.69 Å². The van der Waals surface area contributed by atoms with Crippen molar-refractivity contribution in [3.63, 3.8) is 0 Å². The van der Waals surface area contributed by atoms with E-state index in [4.69, 9.17) is 16.3 Å². The van der Waals surface area contributed by atoms with Gasteiger partial charge in [0.25, 0.3) is 11.8 Å². The van der Waals surface area contributed by atoms with Crippen molar-refractivity contribution < 1.29 is 14.3 Å². The van der Waals surface area contributed by atoms with Crippen molar-refractivity contribution in [3.8, 4) is 5.75 Å². The average molecular weight is 662 g/mol. The highest BCUT2D eigenvalue weighted by molar-refractivity contribution is 6.30. The molecule has 1 fully saturated rings. The number of rotatable bonds is 12. The van der Waals surface area contributed by atoms with Crippen LogP contribution in [0.4, 0.5) is 5.69 Å². The van der Waals surface area contributed by atoms with Crippen LogP contribution in [0.15, 0.2) is 85.1 Å². The number of pyridine rings is 1. The van der Waals surface area contributed by atoms with Crippen LogP contribution in [0, 0.1) is 13.8 Å². The molecular weight excluding hydrogens is 619 g/mol. The molecule has 7 nitrogen and oxygen atoms in total. The lowest BCUT2D eigenvalue weighted by Gasteiger charge is -2.33. The fourth-order valence-electron chi connectivity index (χ4n) is 5.78. The zero-order chi connectivity index (χ0) is 31.6.